The minimum absolute atomic E-state index is 0.0390. The van der Waals surface area contributed by atoms with Crippen LogP contribution in [0.15, 0.2) is 72.8 Å². The first-order valence-corrected chi connectivity index (χ1v) is 9.96. The average molecular weight is 380 g/mol. The van der Waals surface area contributed by atoms with Gasteiger partial charge in [-0.3, -0.25) is 0 Å². The summed E-state index contributed by atoms with van der Waals surface area (Å²) < 4.78 is 11.0. The third-order valence-corrected chi connectivity index (χ3v) is 5.23. The fourth-order valence-corrected chi connectivity index (χ4v) is 3.59. The Morgan fingerprint density at radius 3 is 2.14 bits per heavy atom. The molecule has 1 aliphatic rings. The summed E-state index contributed by atoms with van der Waals surface area (Å²) in [7, 11) is 1.41. The molecule has 0 spiro atoms. The Balaban J connectivity index is 1.49. The van der Waals surface area contributed by atoms with Crippen LogP contribution in [-0.2, 0) is 14.3 Å². The third kappa shape index (κ3) is 6.04. The number of hydrogen-bond acceptors (Lipinski definition) is 4. The quantitative estimate of drug-likeness (QED) is 0.508. The van der Waals surface area contributed by atoms with E-state index in [9.17, 15) is 4.79 Å². The zero-order valence-electron chi connectivity index (χ0n) is 16.5. The number of carbonyl (C=O) groups excluding carboxylic acids is 1. The van der Waals surface area contributed by atoms with E-state index in [1.807, 2.05) is 18.2 Å². The van der Waals surface area contributed by atoms with Crippen molar-refractivity contribution < 1.29 is 14.3 Å². The Morgan fingerprint density at radius 2 is 1.61 bits per heavy atom. The molecular weight excluding hydrogens is 350 g/mol. The maximum absolute atomic E-state index is 11.2. The fraction of sp³-hybridized carbons (Fsp3) is 0.375. The van der Waals surface area contributed by atoms with E-state index < -0.39 is 0 Å². The molecule has 0 amide bonds. The SMILES string of the molecule is COC(=O)C=CC1CCN(CCOC(c2ccccc2)c2ccccc2)CC1. The molecule has 28 heavy (non-hydrogen) atoms. The molecule has 148 valence electrons. The second-order valence-corrected chi connectivity index (χ2v) is 7.13. The summed E-state index contributed by atoms with van der Waals surface area (Å²) in [4.78, 5) is 13.7. The van der Waals surface area contributed by atoms with Gasteiger partial charge < -0.3 is 14.4 Å². The summed E-state index contributed by atoms with van der Waals surface area (Å²) in [5.41, 5.74) is 2.36. The van der Waals surface area contributed by atoms with Gasteiger partial charge in [-0.25, -0.2) is 4.79 Å². The van der Waals surface area contributed by atoms with Crippen molar-refractivity contribution in [3.63, 3.8) is 0 Å². The van der Waals surface area contributed by atoms with Crippen molar-refractivity contribution in [1.82, 2.24) is 4.90 Å². The van der Waals surface area contributed by atoms with Gasteiger partial charge in [-0.15, -0.1) is 0 Å². The first-order valence-electron chi connectivity index (χ1n) is 9.96. The number of methoxy groups -OCH3 is 1. The fourth-order valence-electron chi connectivity index (χ4n) is 3.59. The molecule has 1 heterocycles. The summed E-state index contributed by atoms with van der Waals surface area (Å²) >= 11 is 0. The predicted octanol–water partition coefficient (Wildman–Crippen LogP) is 4.23. The van der Waals surface area contributed by atoms with Crippen molar-refractivity contribution in [3.8, 4) is 0 Å². The van der Waals surface area contributed by atoms with E-state index in [1.54, 1.807) is 6.08 Å². The molecule has 0 bridgehead atoms. The van der Waals surface area contributed by atoms with Crippen molar-refractivity contribution in [2.75, 3.05) is 33.4 Å². The lowest BCUT2D eigenvalue weighted by molar-refractivity contribution is -0.134. The summed E-state index contributed by atoms with van der Waals surface area (Å²) in [6.07, 6.45) is 5.62. The zero-order valence-corrected chi connectivity index (χ0v) is 16.5. The van der Waals surface area contributed by atoms with Crippen LogP contribution < -0.4 is 0 Å². The van der Waals surface area contributed by atoms with Gasteiger partial charge in [-0.1, -0.05) is 66.7 Å². The summed E-state index contributed by atoms with van der Waals surface area (Å²) in [5.74, 6) is 0.182. The molecule has 1 fully saturated rings. The molecule has 0 atom stereocenters. The van der Waals surface area contributed by atoms with Crippen molar-refractivity contribution in [2.45, 2.75) is 18.9 Å². The molecule has 0 radical (unpaired) electrons. The smallest absolute Gasteiger partial charge is 0.330 e. The Bertz CT molecular complexity index is 697. The number of piperidine rings is 1. The summed E-state index contributed by atoms with van der Waals surface area (Å²) in [6, 6.07) is 20.8. The van der Waals surface area contributed by atoms with Gasteiger partial charge in [0.2, 0.25) is 0 Å². The van der Waals surface area contributed by atoms with E-state index in [0.717, 1.165) is 32.5 Å². The van der Waals surface area contributed by atoms with E-state index in [2.05, 4.69) is 58.2 Å². The topological polar surface area (TPSA) is 38.8 Å². The highest BCUT2D eigenvalue weighted by molar-refractivity contribution is 5.81. The Morgan fingerprint density at radius 1 is 1.04 bits per heavy atom. The highest BCUT2D eigenvalue weighted by atomic mass is 16.5. The normalized spacial score (nSPS) is 15.9. The molecule has 1 aliphatic heterocycles. The van der Waals surface area contributed by atoms with Crippen molar-refractivity contribution >= 4 is 5.97 Å². The lowest BCUT2D eigenvalue weighted by atomic mass is 9.96. The van der Waals surface area contributed by atoms with Crippen LogP contribution in [0.2, 0.25) is 0 Å². The predicted molar refractivity (Wildman–Crippen MR) is 111 cm³/mol. The van der Waals surface area contributed by atoms with E-state index >= 15 is 0 Å². The molecular formula is C24H29NO3. The number of hydrogen-bond donors (Lipinski definition) is 0. The molecule has 0 aliphatic carbocycles. The Labute approximate surface area is 167 Å². The van der Waals surface area contributed by atoms with Crippen molar-refractivity contribution in [1.29, 1.82) is 0 Å². The number of esters is 1. The number of nitrogens with zero attached hydrogens (tertiary/aromatic N) is 1. The van der Waals surface area contributed by atoms with E-state index in [4.69, 9.17) is 4.74 Å². The van der Waals surface area contributed by atoms with Crippen LogP contribution in [0.25, 0.3) is 0 Å². The lowest BCUT2D eigenvalue weighted by Crippen LogP contribution is -2.35. The van der Waals surface area contributed by atoms with Gasteiger partial charge in [0.15, 0.2) is 0 Å². The number of benzene rings is 2. The lowest BCUT2D eigenvalue weighted by Gasteiger charge is -2.31. The van der Waals surface area contributed by atoms with E-state index in [1.165, 1.54) is 18.2 Å². The molecule has 2 aromatic carbocycles. The number of carbonyl (C=O) groups is 1. The second-order valence-electron chi connectivity index (χ2n) is 7.13. The van der Waals surface area contributed by atoms with Crippen LogP contribution in [0.5, 0.6) is 0 Å². The van der Waals surface area contributed by atoms with Gasteiger partial charge in [0.05, 0.1) is 13.7 Å². The maximum Gasteiger partial charge on any atom is 0.330 e. The minimum atomic E-state index is -0.274. The number of ether oxygens (including phenoxy) is 2. The molecule has 0 saturated carbocycles. The van der Waals surface area contributed by atoms with Crippen LogP contribution in [-0.4, -0.2) is 44.2 Å². The van der Waals surface area contributed by atoms with Gasteiger partial charge >= 0.3 is 5.97 Å². The molecule has 0 unspecified atom stereocenters. The molecule has 2 aromatic rings. The number of rotatable bonds is 8. The average Bonchev–Trinajstić information content (AvgIpc) is 2.77. The first-order chi connectivity index (χ1) is 13.8. The van der Waals surface area contributed by atoms with Gasteiger partial charge in [-0.05, 0) is 43.0 Å². The third-order valence-electron chi connectivity index (χ3n) is 5.23. The Hall–Kier alpha value is -2.43. The van der Waals surface area contributed by atoms with Crippen LogP contribution in [0.3, 0.4) is 0 Å². The Kier molecular flexibility index (Phi) is 7.82. The second kappa shape index (κ2) is 10.8. The highest BCUT2D eigenvalue weighted by Crippen LogP contribution is 2.26. The van der Waals surface area contributed by atoms with Crippen molar-refractivity contribution in [2.24, 2.45) is 5.92 Å². The highest BCUT2D eigenvalue weighted by Gasteiger charge is 2.19. The van der Waals surface area contributed by atoms with E-state index in [-0.39, 0.29) is 12.1 Å². The van der Waals surface area contributed by atoms with Gasteiger partial charge in [0, 0.05) is 12.6 Å². The molecule has 1 saturated heterocycles. The van der Waals surface area contributed by atoms with Gasteiger partial charge in [-0.2, -0.15) is 0 Å². The zero-order chi connectivity index (χ0) is 19.6. The maximum atomic E-state index is 11.2. The first kappa shape index (κ1) is 20.3. The summed E-state index contributed by atoms with van der Waals surface area (Å²) in [5, 5.41) is 0. The van der Waals surface area contributed by atoms with Crippen molar-refractivity contribution in [3.05, 3.63) is 83.9 Å². The number of allylic oxidation sites excluding steroid dienone is 1. The van der Waals surface area contributed by atoms with Crippen LogP contribution in [0.4, 0.5) is 0 Å². The van der Waals surface area contributed by atoms with Gasteiger partial charge in [0.25, 0.3) is 0 Å². The monoisotopic (exact) mass is 379 g/mol. The standard InChI is InChI=1S/C24H29NO3/c1-27-23(26)13-12-20-14-16-25(17-15-20)18-19-28-24(21-8-4-2-5-9-21)22-10-6-3-7-11-22/h2-13,20,24H,14-19H2,1H3. The molecule has 0 aromatic heterocycles. The van der Waals surface area contributed by atoms with E-state index in [0.29, 0.717) is 12.5 Å². The number of likely N-dealkylation sites (tertiary alicyclic amines) is 1. The molecule has 0 N–H and O–H groups in total. The molecule has 4 heteroatoms. The van der Waals surface area contributed by atoms with Crippen LogP contribution in [0.1, 0.15) is 30.1 Å². The van der Waals surface area contributed by atoms with Crippen LogP contribution in [0, 0.1) is 5.92 Å². The largest absolute Gasteiger partial charge is 0.466 e. The van der Waals surface area contributed by atoms with Crippen LogP contribution >= 0.6 is 0 Å². The minimum Gasteiger partial charge on any atom is -0.466 e. The van der Waals surface area contributed by atoms with Gasteiger partial charge in [0.1, 0.15) is 6.10 Å². The molecule has 3 rings (SSSR count). The summed E-state index contributed by atoms with van der Waals surface area (Å²) in [6.45, 7) is 3.67. The molecule has 4 nitrogen and oxygen atoms in total.